The van der Waals surface area contributed by atoms with Crippen LogP contribution in [0.2, 0.25) is 5.02 Å². The van der Waals surface area contributed by atoms with Crippen LogP contribution in [0.3, 0.4) is 0 Å². The van der Waals surface area contributed by atoms with Crippen molar-refractivity contribution in [3.8, 4) is 0 Å². The number of hydrogen-bond donors (Lipinski definition) is 1. The molecular weight excluding hydrogens is 276 g/mol. The van der Waals surface area contributed by atoms with Crippen molar-refractivity contribution in [2.45, 2.75) is 26.7 Å². The molecule has 1 saturated carbocycles. The van der Waals surface area contributed by atoms with E-state index in [1.807, 2.05) is 13.8 Å². The summed E-state index contributed by atoms with van der Waals surface area (Å²) in [5.74, 6) is -0.324. The first-order valence-corrected chi connectivity index (χ1v) is 7.28. The summed E-state index contributed by atoms with van der Waals surface area (Å²) in [5.41, 5.74) is -0.330. The van der Waals surface area contributed by atoms with Gasteiger partial charge in [0.2, 0.25) is 11.8 Å². The van der Waals surface area contributed by atoms with E-state index in [1.54, 1.807) is 29.2 Å². The van der Waals surface area contributed by atoms with E-state index in [-0.39, 0.29) is 11.8 Å². The topological polar surface area (TPSA) is 49.4 Å². The molecule has 2 amide bonds. The Labute approximate surface area is 124 Å². The van der Waals surface area contributed by atoms with Crippen LogP contribution in [0.5, 0.6) is 0 Å². The highest BCUT2D eigenvalue weighted by molar-refractivity contribution is 6.34. The average Bonchev–Trinajstić information content (AvgIpc) is 3.24. The molecule has 1 aliphatic rings. The maximum atomic E-state index is 12.4. The number of nitrogens with zero attached hydrogens (tertiary/aromatic N) is 1. The number of carbonyl (C=O) groups is 2. The predicted molar refractivity (Wildman–Crippen MR) is 79.7 cm³/mol. The van der Waals surface area contributed by atoms with Gasteiger partial charge < -0.3 is 10.2 Å². The van der Waals surface area contributed by atoms with Crippen molar-refractivity contribution in [1.82, 2.24) is 4.90 Å². The zero-order chi connectivity index (χ0) is 14.8. The summed E-state index contributed by atoms with van der Waals surface area (Å²) in [6.07, 6.45) is 1.22. The zero-order valence-electron chi connectivity index (χ0n) is 11.8. The van der Waals surface area contributed by atoms with E-state index >= 15 is 0 Å². The van der Waals surface area contributed by atoms with Crippen LogP contribution in [0.15, 0.2) is 24.3 Å². The van der Waals surface area contributed by atoms with Crippen molar-refractivity contribution in [3.05, 3.63) is 29.3 Å². The minimum Gasteiger partial charge on any atom is -0.342 e. The van der Waals surface area contributed by atoms with Crippen LogP contribution in [0, 0.1) is 5.41 Å². The van der Waals surface area contributed by atoms with Gasteiger partial charge in [-0.15, -0.1) is 0 Å². The van der Waals surface area contributed by atoms with Crippen LogP contribution >= 0.6 is 11.6 Å². The number of amides is 2. The fourth-order valence-corrected chi connectivity index (χ4v) is 2.46. The summed E-state index contributed by atoms with van der Waals surface area (Å²) in [5, 5.41) is 3.26. The monoisotopic (exact) mass is 294 g/mol. The van der Waals surface area contributed by atoms with Crippen LogP contribution < -0.4 is 5.32 Å². The molecule has 0 atom stereocenters. The lowest BCUT2D eigenvalue weighted by Gasteiger charge is -2.24. The van der Waals surface area contributed by atoms with E-state index in [0.717, 1.165) is 0 Å². The molecule has 1 N–H and O–H groups in total. The third kappa shape index (κ3) is 2.66. The van der Waals surface area contributed by atoms with Crippen LogP contribution in [0.4, 0.5) is 5.69 Å². The highest BCUT2D eigenvalue weighted by Gasteiger charge is 2.57. The molecule has 5 heteroatoms. The summed E-state index contributed by atoms with van der Waals surface area (Å²) < 4.78 is 0. The number of halogens is 1. The molecule has 0 heterocycles. The Morgan fingerprint density at radius 1 is 1.25 bits per heavy atom. The first kappa shape index (κ1) is 14.9. The second-order valence-electron chi connectivity index (χ2n) is 4.99. The Kier molecular flexibility index (Phi) is 4.33. The standard InChI is InChI=1S/C15H19ClN2O2/c1-3-18(4-2)14(20)15(9-10-15)13(19)17-12-8-6-5-7-11(12)16/h5-8H,3-4,9-10H2,1-2H3,(H,17,19). The third-order valence-corrected chi connectivity index (χ3v) is 4.10. The Hall–Kier alpha value is -1.55. The first-order valence-electron chi connectivity index (χ1n) is 6.90. The molecule has 0 unspecified atom stereocenters. The Morgan fingerprint density at radius 2 is 1.85 bits per heavy atom. The molecule has 0 bridgehead atoms. The van der Waals surface area contributed by atoms with E-state index in [9.17, 15) is 9.59 Å². The van der Waals surface area contributed by atoms with Gasteiger partial charge in [-0.1, -0.05) is 23.7 Å². The van der Waals surface area contributed by atoms with Crippen LogP contribution in [0.25, 0.3) is 0 Å². The molecule has 108 valence electrons. The van der Waals surface area contributed by atoms with Crippen LogP contribution in [-0.4, -0.2) is 29.8 Å². The molecule has 1 aliphatic carbocycles. The number of benzene rings is 1. The van der Waals surface area contributed by atoms with Crippen molar-refractivity contribution in [1.29, 1.82) is 0 Å². The van der Waals surface area contributed by atoms with Crippen LogP contribution in [0.1, 0.15) is 26.7 Å². The largest absolute Gasteiger partial charge is 0.342 e. The molecule has 0 spiro atoms. The quantitative estimate of drug-likeness (QED) is 0.849. The Balaban J connectivity index is 2.13. The van der Waals surface area contributed by atoms with E-state index in [1.165, 1.54) is 0 Å². The summed E-state index contributed by atoms with van der Waals surface area (Å²) >= 11 is 6.03. The molecule has 0 aromatic heterocycles. The normalized spacial score (nSPS) is 15.6. The summed E-state index contributed by atoms with van der Waals surface area (Å²) in [7, 11) is 0. The fourth-order valence-electron chi connectivity index (χ4n) is 2.28. The van der Waals surface area contributed by atoms with Crippen molar-refractivity contribution in [3.63, 3.8) is 0 Å². The van der Waals surface area contributed by atoms with E-state index < -0.39 is 5.41 Å². The van der Waals surface area contributed by atoms with Gasteiger partial charge in [-0.3, -0.25) is 9.59 Å². The SMILES string of the molecule is CCN(CC)C(=O)C1(C(=O)Nc2ccccc2Cl)CC1. The van der Waals surface area contributed by atoms with Gasteiger partial charge in [0.1, 0.15) is 5.41 Å². The van der Waals surface area contributed by atoms with Gasteiger partial charge in [0.25, 0.3) is 0 Å². The zero-order valence-corrected chi connectivity index (χ0v) is 12.5. The van der Waals surface area contributed by atoms with Gasteiger partial charge in [-0.05, 0) is 38.8 Å². The highest BCUT2D eigenvalue weighted by atomic mass is 35.5. The Morgan fingerprint density at radius 3 is 2.35 bits per heavy atom. The van der Waals surface area contributed by atoms with Gasteiger partial charge in [-0.2, -0.15) is 0 Å². The number of rotatable bonds is 5. The first-order chi connectivity index (χ1) is 9.55. The van der Waals surface area contributed by atoms with Gasteiger partial charge >= 0.3 is 0 Å². The molecule has 4 nitrogen and oxygen atoms in total. The molecule has 0 radical (unpaired) electrons. The minimum atomic E-state index is -0.884. The minimum absolute atomic E-state index is 0.0768. The van der Waals surface area contributed by atoms with E-state index in [0.29, 0.717) is 36.6 Å². The summed E-state index contributed by atoms with van der Waals surface area (Å²) in [6, 6.07) is 7.04. The summed E-state index contributed by atoms with van der Waals surface area (Å²) in [4.78, 5) is 26.6. The maximum absolute atomic E-state index is 12.4. The lowest BCUT2D eigenvalue weighted by molar-refractivity contribution is -0.141. The molecule has 20 heavy (non-hydrogen) atoms. The lowest BCUT2D eigenvalue weighted by atomic mass is 10.0. The molecular formula is C15H19ClN2O2. The number of hydrogen-bond acceptors (Lipinski definition) is 2. The average molecular weight is 295 g/mol. The number of nitrogens with one attached hydrogen (secondary N) is 1. The van der Waals surface area contributed by atoms with Crippen molar-refractivity contribution < 1.29 is 9.59 Å². The van der Waals surface area contributed by atoms with Gasteiger partial charge in [-0.25, -0.2) is 0 Å². The molecule has 0 aliphatic heterocycles. The molecule has 1 aromatic carbocycles. The molecule has 1 aromatic rings. The molecule has 0 saturated heterocycles. The van der Waals surface area contributed by atoms with Crippen molar-refractivity contribution in [2.24, 2.45) is 5.41 Å². The van der Waals surface area contributed by atoms with Gasteiger partial charge in [0.05, 0.1) is 10.7 Å². The number of carbonyl (C=O) groups excluding carboxylic acids is 2. The lowest BCUT2D eigenvalue weighted by Crippen LogP contribution is -2.42. The molecule has 2 rings (SSSR count). The van der Waals surface area contributed by atoms with E-state index in [4.69, 9.17) is 11.6 Å². The Bertz CT molecular complexity index is 522. The smallest absolute Gasteiger partial charge is 0.240 e. The van der Waals surface area contributed by atoms with Gasteiger partial charge in [0.15, 0.2) is 0 Å². The van der Waals surface area contributed by atoms with Crippen molar-refractivity contribution >= 4 is 29.1 Å². The second kappa shape index (κ2) is 5.83. The molecule has 1 fully saturated rings. The predicted octanol–water partition coefficient (Wildman–Crippen LogP) is 2.93. The van der Waals surface area contributed by atoms with E-state index in [2.05, 4.69) is 5.32 Å². The highest BCUT2D eigenvalue weighted by Crippen LogP contribution is 2.48. The number of anilines is 1. The van der Waals surface area contributed by atoms with Gasteiger partial charge in [0, 0.05) is 13.1 Å². The van der Waals surface area contributed by atoms with Crippen molar-refractivity contribution in [2.75, 3.05) is 18.4 Å². The van der Waals surface area contributed by atoms with Crippen LogP contribution in [-0.2, 0) is 9.59 Å². The second-order valence-corrected chi connectivity index (χ2v) is 5.40. The number of para-hydroxylation sites is 1. The fraction of sp³-hybridized carbons (Fsp3) is 0.467. The maximum Gasteiger partial charge on any atom is 0.240 e. The third-order valence-electron chi connectivity index (χ3n) is 3.77. The summed E-state index contributed by atoms with van der Waals surface area (Å²) in [6.45, 7) is 5.08.